The Morgan fingerprint density at radius 2 is 2.19 bits per heavy atom. The summed E-state index contributed by atoms with van der Waals surface area (Å²) in [6.45, 7) is 3.51. The van der Waals surface area contributed by atoms with Gasteiger partial charge >= 0.3 is 0 Å². The number of nitrogens with zero attached hydrogens (tertiary/aromatic N) is 2. The van der Waals surface area contributed by atoms with Gasteiger partial charge < -0.3 is 15.6 Å². The summed E-state index contributed by atoms with van der Waals surface area (Å²) in [5, 5.41) is 6.48. The van der Waals surface area contributed by atoms with Crippen molar-refractivity contribution in [3.63, 3.8) is 0 Å². The summed E-state index contributed by atoms with van der Waals surface area (Å²) in [4.78, 5) is 16.1. The van der Waals surface area contributed by atoms with Crippen LogP contribution in [0.4, 0.5) is 4.39 Å². The summed E-state index contributed by atoms with van der Waals surface area (Å²) in [7, 11) is 0. The number of benzene rings is 1. The zero-order valence-electron chi connectivity index (χ0n) is 11.8. The molecule has 6 nitrogen and oxygen atoms in total. The maximum atomic E-state index is 14.0. The fourth-order valence-electron chi connectivity index (χ4n) is 1.81. The van der Waals surface area contributed by atoms with Gasteiger partial charge in [-0.3, -0.25) is 4.79 Å². The Bertz CT molecular complexity index is 629. The number of aryl methyl sites for hydroxylation is 1. The fourth-order valence-corrected chi connectivity index (χ4v) is 1.81. The number of carbonyl (C=O) groups is 1. The van der Waals surface area contributed by atoms with Gasteiger partial charge in [0.25, 0.3) is 0 Å². The van der Waals surface area contributed by atoms with Crippen molar-refractivity contribution in [3.8, 4) is 0 Å². The van der Waals surface area contributed by atoms with Crippen molar-refractivity contribution in [2.75, 3.05) is 6.54 Å². The normalized spacial score (nSPS) is 13.7. The van der Waals surface area contributed by atoms with Crippen molar-refractivity contribution >= 4 is 5.91 Å². The predicted octanol–water partition coefficient (Wildman–Crippen LogP) is 1.32. The smallest absolute Gasteiger partial charge is 0.224 e. The zero-order valence-corrected chi connectivity index (χ0v) is 11.8. The van der Waals surface area contributed by atoms with E-state index in [1.165, 1.54) is 6.07 Å². The molecule has 7 heteroatoms. The van der Waals surface area contributed by atoms with Crippen molar-refractivity contribution in [1.82, 2.24) is 15.5 Å². The van der Waals surface area contributed by atoms with Crippen molar-refractivity contribution in [2.24, 2.45) is 11.7 Å². The quantitative estimate of drug-likeness (QED) is 0.866. The summed E-state index contributed by atoms with van der Waals surface area (Å²) >= 11 is 0. The summed E-state index contributed by atoms with van der Waals surface area (Å²) < 4.78 is 18.9. The Morgan fingerprint density at radius 1 is 1.48 bits per heavy atom. The molecule has 3 N–H and O–H groups in total. The number of nitrogens with one attached hydrogen (secondary N) is 1. The van der Waals surface area contributed by atoms with Gasteiger partial charge in [0.1, 0.15) is 11.9 Å². The van der Waals surface area contributed by atoms with Crippen LogP contribution in [0, 0.1) is 18.7 Å². The maximum Gasteiger partial charge on any atom is 0.224 e. The van der Waals surface area contributed by atoms with E-state index in [-0.39, 0.29) is 23.8 Å². The van der Waals surface area contributed by atoms with E-state index >= 15 is 0 Å². The van der Waals surface area contributed by atoms with Crippen molar-refractivity contribution in [1.29, 1.82) is 0 Å². The first kappa shape index (κ1) is 15.1. The molecule has 2 atom stereocenters. The Balaban J connectivity index is 2.36. The molecule has 0 fully saturated rings. The molecule has 0 radical (unpaired) electrons. The second-order valence-corrected chi connectivity index (χ2v) is 4.77. The van der Waals surface area contributed by atoms with Gasteiger partial charge in [0, 0.05) is 24.9 Å². The molecule has 0 aliphatic heterocycles. The number of hydrogen-bond donors (Lipinski definition) is 2. The first-order valence-electron chi connectivity index (χ1n) is 6.58. The minimum atomic E-state index is -0.815. The number of carbonyl (C=O) groups excluding carboxylic acids is 1. The maximum absolute atomic E-state index is 14.0. The zero-order chi connectivity index (χ0) is 15.4. The lowest BCUT2D eigenvalue weighted by Crippen LogP contribution is -2.37. The molecule has 0 spiro atoms. The van der Waals surface area contributed by atoms with E-state index in [9.17, 15) is 9.18 Å². The molecule has 0 saturated carbocycles. The van der Waals surface area contributed by atoms with E-state index in [2.05, 4.69) is 15.5 Å². The third-order valence-corrected chi connectivity index (χ3v) is 3.11. The van der Waals surface area contributed by atoms with Crippen LogP contribution in [0.15, 0.2) is 28.8 Å². The first-order valence-corrected chi connectivity index (χ1v) is 6.58. The number of hydrogen-bond acceptors (Lipinski definition) is 5. The molecule has 112 valence electrons. The largest absolute Gasteiger partial charge is 0.341 e. The van der Waals surface area contributed by atoms with E-state index in [0.29, 0.717) is 5.89 Å². The predicted molar refractivity (Wildman–Crippen MR) is 73.6 cm³/mol. The highest BCUT2D eigenvalue weighted by molar-refractivity contribution is 5.79. The van der Waals surface area contributed by atoms with Gasteiger partial charge in [0.05, 0.1) is 0 Å². The van der Waals surface area contributed by atoms with E-state index in [0.717, 1.165) is 0 Å². The molecule has 1 aromatic heterocycles. The number of aromatic nitrogens is 2. The monoisotopic (exact) mass is 292 g/mol. The molecule has 0 saturated heterocycles. The van der Waals surface area contributed by atoms with Crippen LogP contribution in [0.3, 0.4) is 0 Å². The average Bonchev–Trinajstić information content (AvgIpc) is 2.91. The van der Waals surface area contributed by atoms with E-state index in [4.69, 9.17) is 10.3 Å². The Morgan fingerprint density at radius 3 is 2.76 bits per heavy atom. The van der Waals surface area contributed by atoms with Crippen LogP contribution in [-0.4, -0.2) is 22.6 Å². The lowest BCUT2D eigenvalue weighted by molar-refractivity contribution is -0.124. The van der Waals surface area contributed by atoms with Crippen LogP contribution in [0.25, 0.3) is 0 Å². The Hall–Kier alpha value is -2.28. The second kappa shape index (κ2) is 6.45. The number of halogens is 1. The van der Waals surface area contributed by atoms with Crippen LogP contribution in [-0.2, 0) is 4.79 Å². The van der Waals surface area contributed by atoms with Crippen LogP contribution in [0.1, 0.15) is 30.2 Å². The van der Waals surface area contributed by atoms with Gasteiger partial charge in [-0.15, -0.1) is 0 Å². The standard InChI is InChI=1S/C14H17FN4O2/c1-8(7-16)14(20)18-12(13-17-9(2)21-19-13)10-5-3-4-6-11(10)15/h3-6,8,12H,7,16H2,1-2H3,(H,18,20). The molecule has 0 bridgehead atoms. The molecule has 21 heavy (non-hydrogen) atoms. The van der Waals surface area contributed by atoms with Gasteiger partial charge in [0.2, 0.25) is 11.8 Å². The number of amides is 1. The average molecular weight is 292 g/mol. The van der Waals surface area contributed by atoms with E-state index in [1.807, 2.05) is 0 Å². The van der Waals surface area contributed by atoms with Crippen LogP contribution < -0.4 is 11.1 Å². The lowest BCUT2D eigenvalue weighted by atomic mass is 10.0. The van der Waals surface area contributed by atoms with Gasteiger partial charge in [-0.05, 0) is 6.07 Å². The van der Waals surface area contributed by atoms with Crippen LogP contribution in [0.2, 0.25) is 0 Å². The van der Waals surface area contributed by atoms with Crippen molar-refractivity contribution in [3.05, 3.63) is 47.4 Å². The molecule has 1 amide bonds. The molecule has 1 aromatic carbocycles. The minimum absolute atomic E-state index is 0.196. The molecule has 0 aliphatic carbocycles. The Labute approximate surface area is 121 Å². The molecular formula is C14H17FN4O2. The summed E-state index contributed by atoms with van der Waals surface area (Å²) in [6.07, 6.45) is 0. The molecular weight excluding hydrogens is 275 g/mol. The van der Waals surface area contributed by atoms with Gasteiger partial charge in [-0.25, -0.2) is 4.39 Å². The summed E-state index contributed by atoms with van der Waals surface area (Å²) in [5.74, 6) is -0.603. The number of rotatable bonds is 5. The van der Waals surface area contributed by atoms with Gasteiger partial charge in [0.15, 0.2) is 5.82 Å². The molecule has 0 aliphatic rings. The number of nitrogens with two attached hydrogens (primary N) is 1. The summed E-state index contributed by atoms with van der Waals surface area (Å²) in [6, 6.07) is 5.32. The lowest BCUT2D eigenvalue weighted by Gasteiger charge is -2.18. The molecule has 1 heterocycles. The minimum Gasteiger partial charge on any atom is -0.341 e. The Kier molecular flexibility index (Phi) is 4.64. The molecule has 2 unspecified atom stereocenters. The second-order valence-electron chi connectivity index (χ2n) is 4.77. The third-order valence-electron chi connectivity index (χ3n) is 3.11. The third kappa shape index (κ3) is 3.43. The molecule has 2 aromatic rings. The first-order chi connectivity index (χ1) is 10.0. The molecule has 2 rings (SSSR count). The fraction of sp³-hybridized carbons (Fsp3) is 0.357. The highest BCUT2D eigenvalue weighted by atomic mass is 19.1. The van der Waals surface area contributed by atoms with Gasteiger partial charge in [-0.1, -0.05) is 30.3 Å². The van der Waals surface area contributed by atoms with Crippen LogP contribution >= 0.6 is 0 Å². The topological polar surface area (TPSA) is 94.0 Å². The van der Waals surface area contributed by atoms with Crippen molar-refractivity contribution < 1.29 is 13.7 Å². The van der Waals surface area contributed by atoms with Gasteiger partial charge in [-0.2, -0.15) is 4.98 Å². The highest BCUT2D eigenvalue weighted by Gasteiger charge is 2.26. The highest BCUT2D eigenvalue weighted by Crippen LogP contribution is 2.22. The summed E-state index contributed by atoms with van der Waals surface area (Å²) in [5.41, 5.74) is 5.75. The van der Waals surface area contributed by atoms with E-state index < -0.39 is 17.8 Å². The van der Waals surface area contributed by atoms with Crippen LogP contribution in [0.5, 0.6) is 0 Å². The van der Waals surface area contributed by atoms with Crippen molar-refractivity contribution in [2.45, 2.75) is 19.9 Å². The van der Waals surface area contributed by atoms with E-state index in [1.54, 1.807) is 32.0 Å². The SMILES string of the molecule is Cc1nc(C(NC(=O)C(C)CN)c2ccccc2F)no1.